The average Bonchev–Trinajstić information content (AvgIpc) is 3.44. The molecule has 0 radical (unpaired) electrons. The normalized spacial score (nSPS) is 11.0. The van der Waals surface area contributed by atoms with Gasteiger partial charge >= 0.3 is 0 Å². The summed E-state index contributed by atoms with van der Waals surface area (Å²) >= 11 is 7.69. The van der Waals surface area contributed by atoms with Crippen molar-refractivity contribution in [3.05, 3.63) is 81.4 Å². The molecule has 2 heterocycles. The molecule has 0 aliphatic carbocycles. The maximum absolute atomic E-state index is 13.4. The zero-order chi connectivity index (χ0) is 22.0. The molecule has 0 aliphatic rings. The van der Waals surface area contributed by atoms with Crippen LogP contribution in [-0.4, -0.2) is 31.9 Å². The van der Waals surface area contributed by atoms with Gasteiger partial charge in [0.2, 0.25) is 0 Å². The van der Waals surface area contributed by atoms with Gasteiger partial charge in [-0.25, -0.2) is 9.97 Å². The number of carbonyl (C=O) groups excluding carboxylic acids is 1. The lowest BCUT2D eigenvalue weighted by Gasteiger charge is -2.20. The number of halogens is 1. The standard InChI is InChI=1S/C21H18ClN5O3S/c1-14-6-7-17(22)19-18(14)24-21(31-19)26(10-3-9-25-11-8-23-13-25)20(28)15-4-2-5-16(12-15)27(29)30/h2,4-8,11-13H,3,9-10H2,1H3. The van der Waals surface area contributed by atoms with Crippen molar-refractivity contribution < 1.29 is 9.72 Å². The minimum absolute atomic E-state index is 0.132. The van der Waals surface area contributed by atoms with E-state index in [2.05, 4.69) is 9.97 Å². The first kappa shape index (κ1) is 21.0. The average molecular weight is 456 g/mol. The molecule has 0 saturated heterocycles. The van der Waals surface area contributed by atoms with Crippen LogP contribution in [0.2, 0.25) is 5.02 Å². The molecule has 0 atom stereocenters. The van der Waals surface area contributed by atoms with Gasteiger partial charge in [0, 0.05) is 43.2 Å². The van der Waals surface area contributed by atoms with Gasteiger partial charge in [-0.3, -0.25) is 19.8 Å². The third-order valence-corrected chi connectivity index (χ3v) is 6.36. The number of fused-ring (bicyclic) bond motifs is 1. The van der Waals surface area contributed by atoms with Crippen molar-refractivity contribution in [3.8, 4) is 0 Å². The van der Waals surface area contributed by atoms with Crippen molar-refractivity contribution in [2.45, 2.75) is 19.9 Å². The lowest BCUT2D eigenvalue weighted by Crippen LogP contribution is -2.32. The van der Waals surface area contributed by atoms with Gasteiger partial charge in [0.25, 0.3) is 11.6 Å². The zero-order valence-electron chi connectivity index (χ0n) is 16.6. The Balaban J connectivity index is 1.69. The van der Waals surface area contributed by atoms with Gasteiger partial charge in [0.15, 0.2) is 5.13 Å². The van der Waals surface area contributed by atoms with Crippen LogP contribution in [-0.2, 0) is 6.54 Å². The van der Waals surface area contributed by atoms with Crippen LogP contribution in [0.1, 0.15) is 22.3 Å². The number of hydrogen-bond acceptors (Lipinski definition) is 6. The maximum Gasteiger partial charge on any atom is 0.270 e. The summed E-state index contributed by atoms with van der Waals surface area (Å²) in [5.74, 6) is -0.345. The molecule has 0 bridgehead atoms. The number of rotatable bonds is 7. The van der Waals surface area contributed by atoms with E-state index >= 15 is 0 Å². The maximum atomic E-state index is 13.4. The van der Waals surface area contributed by atoms with Crippen LogP contribution in [0.5, 0.6) is 0 Å². The molecular weight excluding hydrogens is 438 g/mol. The number of non-ortho nitro benzene ring substituents is 1. The van der Waals surface area contributed by atoms with Crippen LogP contribution < -0.4 is 4.90 Å². The SMILES string of the molecule is Cc1ccc(Cl)c2sc(N(CCCn3ccnc3)C(=O)c3cccc([N+](=O)[O-])c3)nc12. The molecule has 4 aromatic rings. The number of nitrogens with zero attached hydrogens (tertiary/aromatic N) is 5. The second-order valence-corrected chi connectivity index (χ2v) is 8.34. The van der Waals surface area contributed by atoms with Crippen molar-refractivity contribution in [2.75, 3.05) is 11.4 Å². The van der Waals surface area contributed by atoms with Crippen LogP contribution in [0.3, 0.4) is 0 Å². The monoisotopic (exact) mass is 455 g/mol. The number of benzene rings is 2. The van der Waals surface area contributed by atoms with Crippen molar-refractivity contribution in [3.63, 3.8) is 0 Å². The van der Waals surface area contributed by atoms with Crippen molar-refractivity contribution in [2.24, 2.45) is 0 Å². The highest BCUT2D eigenvalue weighted by Gasteiger charge is 2.23. The molecule has 0 saturated carbocycles. The first-order valence-corrected chi connectivity index (χ1v) is 10.7. The summed E-state index contributed by atoms with van der Waals surface area (Å²) < 4.78 is 2.73. The number of nitro groups is 1. The van der Waals surface area contributed by atoms with Crippen LogP contribution in [0.15, 0.2) is 55.1 Å². The Hall–Kier alpha value is -3.30. The summed E-state index contributed by atoms with van der Waals surface area (Å²) in [4.78, 5) is 34.3. The van der Waals surface area contributed by atoms with Gasteiger partial charge in [-0.05, 0) is 31.0 Å². The number of aryl methyl sites for hydroxylation is 2. The first-order valence-electron chi connectivity index (χ1n) is 9.52. The second-order valence-electron chi connectivity index (χ2n) is 6.96. The van der Waals surface area contributed by atoms with E-state index in [1.807, 2.05) is 29.8 Å². The number of aromatic nitrogens is 3. The van der Waals surface area contributed by atoms with E-state index in [9.17, 15) is 14.9 Å². The van der Waals surface area contributed by atoms with Crippen molar-refractivity contribution in [1.82, 2.24) is 14.5 Å². The van der Waals surface area contributed by atoms with Crippen molar-refractivity contribution in [1.29, 1.82) is 0 Å². The van der Waals surface area contributed by atoms with Crippen LogP contribution in [0.25, 0.3) is 10.2 Å². The molecule has 2 aromatic carbocycles. The molecule has 0 fully saturated rings. The fourth-order valence-corrected chi connectivity index (χ4v) is 4.57. The minimum atomic E-state index is -0.513. The molecular formula is C21H18ClN5O3S. The molecule has 0 spiro atoms. The highest BCUT2D eigenvalue weighted by atomic mass is 35.5. The second kappa shape index (κ2) is 8.83. The van der Waals surface area contributed by atoms with E-state index in [0.29, 0.717) is 29.7 Å². The number of anilines is 1. The summed E-state index contributed by atoms with van der Waals surface area (Å²) in [7, 11) is 0. The molecule has 31 heavy (non-hydrogen) atoms. The van der Waals surface area contributed by atoms with E-state index < -0.39 is 4.92 Å². The third kappa shape index (κ3) is 4.42. The van der Waals surface area contributed by atoms with Gasteiger partial charge in [-0.1, -0.05) is 35.1 Å². The zero-order valence-corrected chi connectivity index (χ0v) is 18.1. The Morgan fingerprint density at radius 1 is 1.32 bits per heavy atom. The number of thiazole rings is 1. The molecule has 158 valence electrons. The van der Waals surface area contributed by atoms with E-state index in [1.54, 1.807) is 23.5 Å². The fraction of sp³-hybridized carbons (Fsp3) is 0.190. The summed E-state index contributed by atoms with van der Waals surface area (Å²) in [6.45, 7) is 2.99. The highest BCUT2D eigenvalue weighted by molar-refractivity contribution is 7.23. The Labute approximate surface area is 186 Å². The van der Waals surface area contributed by atoms with Gasteiger partial charge in [0.1, 0.15) is 0 Å². The van der Waals surface area contributed by atoms with Crippen molar-refractivity contribution >= 4 is 49.9 Å². The largest absolute Gasteiger partial charge is 0.337 e. The Bertz CT molecular complexity index is 1220. The molecule has 4 rings (SSSR count). The van der Waals surface area contributed by atoms with E-state index in [1.165, 1.54) is 29.5 Å². The van der Waals surface area contributed by atoms with Crippen LogP contribution in [0, 0.1) is 17.0 Å². The Morgan fingerprint density at radius 2 is 2.16 bits per heavy atom. The third-order valence-electron chi connectivity index (χ3n) is 4.82. The van der Waals surface area contributed by atoms with Gasteiger partial charge in [-0.2, -0.15) is 0 Å². The lowest BCUT2D eigenvalue weighted by atomic mass is 10.1. The summed E-state index contributed by atoms with van der Waals surface area (Å²) in [6, 6.07) is 9.43. The Kier molecular flexibility index (Phi) is 5.97. The predicted molar refractivity (Wildman–Crippen MR) is 121 cm³/mol. The van der Waals surface area contributed by atoms with Gasteiger partial charge < -0.3 is 4.57 Å². The summed E-state index contributed by atoms with van der Waals surface area (Å²) in [5.41, 5.74) is 1.81. The fourth-order valence-electron chi connectivity index (χ4n) is 3.23. The minimum Gasteiger partial charge on any atom is -0.337 e. The first-order chi connectivity index (χ1) is 14.9. The van der Waals surface area contributed by atoms with Crippen LogP contribution in [0.4, 0.5) is 10.8 Å². The molecule has 8 nitrogen and oxygen atoms in total. The van der Waals surface area contributed by atoms with E-state index in [-0.39, 0.29) is 17.2 Å². The lowest BCUT2D eigenvalue weighted by molar-refractivity contribution is -0.384. The number of imidazole rings is 1. The van der Waals surface area contributed by atoms with Crippen LogP contribution >= 0.6 is 22.9 Å². The smallest absolute Gasteiger partial charge is 0.270 e. The quantitative estimate of drug-likeness (QED) is 0.285. The number of carbonyl (C=O) groups is 1. The van der Waals surface area contributed by atoms with E-state index in [4.69, 9.17) is 11.6 Å². The molecule has 0 unspecified atom stereocenters. The predicted octanol–water partition coefficient (Wildman–Crippen LogP) is 5.10. The molecule has 2 aromatic heterocycles. The molecule has 10 heteroatoms. The topological polar surface area (TPSA) is 94.2 Å². The number of hydrogen-bond donors (Lipinski definition) is 0. The Morgan fingerprint density at radius 3 is 2.87 bits per heavy atom. The highest BCUT2D eigenvalue weighted by Crippen LogP contribution is 2.36. The number of amides is 1. The molecule has 0 aliphatic heterocycles. The molecule has 0 N–H and O–H groups in total. The molecule has 1 amide bonds. The number of nitro benzene ring substituents is 1. The van der Waals surface area contributed by atoms with E-state index in [0.717, 1.165) is 15.8 Å². The summed E-state index contributed by atoms with van der Waals surface area (Å²) in [5, 5.41) is 12.2. The van der Waals surface area contributed by atoms with Gasteiger partial charge in [0.05, 0.1) is 26.5 Å². The summed E-state index contributed by atoms with van der Waals surface area (Å²) in [6.07, 6.45) is 5.92. The van der Waals surface area contributed by atoms with Gasteiger partial charge in [-0.15, -0.1) is 0 Å².